The van der Waals surface area contributed by atoms with Crippen LogP contribution < -0.4 is 17.2 Å². The molecule has 3 nitrogen and oxygen atoms in total. The van der Waals surface area contributed by atoms with E-state index in [4.69, 9.17) is 17.2 Å². The zero-order valence-electron chi connectivity index (χ0n) is 9.28. The van der Waals surface area contributed by atoms with Crippen molar-refractivity contribution in [3.8, 4) is 0 Å². The van der Waals surface area contributed by atoms with Gasteiger partial charge in [0.05, 0.1) is 5.69 Å². The molecule has 4 heteroatoms. The van der Waals surface area contributed by atoms with Crippen LogP contribution in [0.5, 0.6) is 0 Å². The second-order valence-electron chi connectivity index (χ2n) is 3.90. The summed E-state index contributed by atoms with van der Waals surface area (Å²) in [5.41, 5.74) is 20.0. The lowest BCUT2D eigenvalue weighted by atomic mass is 10.00. The molecule has 88 valence electrons. The van der Waals surface area contributed by atoms with Crippen LogP contribution in [-0.4, -0.2) is 0 Å². The van der Waals surface area contributed by atoms with E-state index in [1.807, 2.05) is 18.2 Å². The monoisotopic (exact) mass is 231 g/mol. The summed E-state index contributed by atoms with van der Waals surface area (Å²) in [6, 6.07) is 10.2. The quantitative estimate of drug-likeness (QED) is 0.693. The van der Waals surface area contributed by atoms with Gasteiger partial charge in [0.2, 0.25) is 0 Å². The standard InChI is InChI=1S/C13H14FN3/c14-10-5-6-12(16)9(13(10)17)7-8-3-1-2-4-11(8)15/h1-6H,7,15-17H2. The van der Waals surface area contributed by atoms with E-state index in [1.54, 1.807) is 6.07 Å². The summed E-state index contributed by atoms with van der Waals surface area (Å²) >= 11 is 0. The van der Waals surface area contributed by atoms with Crippen LogP contribution in [0.4, 0.5) is 21.5 Å². The van der Waals surface area contributed by atoms with Gasteiger partial charge in [-0.2, -0.15) is 0 Å². The molecule has 0 radical (unpaired) electrons. The first-order valence-corrected chi connectivity index (χ1v) is 5.25. The molecule has 0 bridgehead atoms. The van der Waals surface area contributed by atoms with E-state index < -0.39 is 5.82 Å². The Kier molecular flexibility index (Phi) is 2.87. The first-order valence-electron chi connectivity index (χ1n) is 5.25. The van der Waals surface area contributed by atoms with E-state index >= 15 is 0 Å². The van der Waals surface area contributed by atoms with Crippen LogP contribution in [-0.2, 0) is 6.42 Å². The minimum absolute atomic E-state index is 0.0910. The van der Waals surface area contributed by atoms with Crippen molar-refractivity contribution in [1.29, 1.82) is 0 Å². The Morgan fingerprint density at radius 2 is 1.59 bits per heavy atom. The summed E-state index contributed by atoms with van der Waals surface area (Å²) in [6.07, 6.45) is 0.433. The number of anilines is 3. The van der Waals surface area contributed by atoms with Crippen molar-refractivity contribution in [3.05, 3.63) is 53.3 Å². The third kappa shape index (κ3) is 2.15. The van der Waals surface area contributed by atoms with Crippen molar-refractivity contribution in [2.45, 2.75) is 6.42 Å². The fourth-order valence-electron chi connectivity index (χ4n) is 1.74. The summed E-state index contributed by atoms with van der Waals surface area (Å²) in [7, 11) is 0. The fourth-order valence-corrected chi connectivity index (χ4v) is 1.74. The normalized spacial score (nSPS) is 10.4. The maximum Gasteiger partial charge on any atom is 0.146 e. The predicted molar refractivity (Wildman–Crippen MR) is 68.9 cm³/mol. The summed E-state index contributed by atoms with van der Waals surface area (Å²) in [4.78, 5) is 0. The molecule has 17 heavy (non-hydrogen) atoms. The average molecular weight is 231 g/mol. The third-order valence-electron chi connectivity index (χ3n) is 2.76. The van der Waals surface area contributed by atoms with Crippen molar-refractivity contribution in [2.75, 3.05) is 17.2 Å². The lowest BCUT2D eigenvalue weighted by Crippen LogP contribution is -2.05. The van der Waals surface area contributed by atoms with Gasteiger partial charge < -0.3 is 17.2 Å². The van der Waals surface area contributed by atoms with Crippen LogP contribution in [0.3, 0.4) is 0 Å². The van der Waals surface area contributed by atoms with Crippen LogP contribution in [0, 0.1) is 5.82 Å². The van der Waals surface area contributed by atoms with Gasteiger partial charge in [0.25, 0.3) is 0 Å². The van der Waals surface area contributed by atoms with Crippen molar-refractivity contribution >= 4 is 17.1 Å². The number of hydrogen-bond donors (Lipinski definition) is 3. The van der Waals surface area contributed by atoms with Gasteiger partial charge >= 0.3 is 0 Å². The van der Waals surface area contributed by atoms with Crippen molar-refractivity contribution in [3.63, 3.8) is 0 Å². The molecule has 0 amide bonds. The summed E-state index contributed by atoms with van der Waals surface area (Å²) in [5.74, 6) is -0.455. The first-order chi connectivity index (χ1) is 8.09. The van der Waals surface area contributed by atoms with E-state index in [1.165, 1.54) is 12.1 Å². The molecule has 0 aliphatic heterocycles. The summed E-state index contributed by atoms with van der Waals surface area (Å²) < 4.78 is 13.4. The van der Waals surface area contributed by atoms with Crippen LogP contribution in [0.1, 0.15) is 11.1 Å². The minimum atomic E-state index is -0.455. The first kappa shape index (κ1) is 11.3. The fraction of sp³-hybridized carbons (Fsp3) is 0.0769. The van der Waals surface area contributed by atoms with Gasteiger partial charge in [-0.15, -0.1) is 0 Å². The molecule has 6 N–H and O–H groups in total. The molecule has 0 spiro atoms. The topological polar surface area (TPSA) is 78.1 Å². The van der Waals surface area contributed by atoms with Crippen LogP contribution >= 0.6 is 0 Å². The Hall–Kier alpha value is -2.23. The van der Waals surface area contributed by atoms with Crippen molar-refractivity contribution in [2.24, 2.45) is 0 Å². The van der Waals surface area contributed by atoms with E-state index in [0.29, 0.717) is 23.4 Å². The Labute approximate surface area is 99.0 Å². The number of para-hydroxylation sites is 1. The highest BCUT2D eigenvalue weighted by Crippen LogP contribution is 2.27. The van der Waals surface area contributed by atoms with Crippen LogP contribution in [0.15, 0.2) is 36.4 Å². The molecular weight excluding hydrogens is 217 g/mol. The third-order valence-corrected chi connectivity index (χ3v) is 2.76. The molecule has 2 aromatic rings. The van der Waals surface area contributed by atoms with Crippen molar-refractivity contribution < 1.29 is 4.39 Å². The van der Waals surface area contributed by atoms with E-state index in [2.05, 4.69) is 0 Å². The number of hydrogen-bond acceptors (Lipinski definition) is 3. The van der Waals surface area contributed by atoms with Gasteiger partial charge in [-0.05, 0) is 23.8 Å². The van der Waals surface area contributed by atoms with Crippen LogP contribution in [0.25, 0.3) is 0 Å². The maximum atomic E-state index is 13.4. The SMILES string of the molecule is Nc1ccccc1Cc1c(N)ccc(F)c1N. The molecule has 0 heterocycles. The van der Waals surface area contributed by atoms with E-state index in [9.17, 15) is 4.39 Å². The smallest absolute Gasteiger partial charge is 0.146 e. The minimum Gasteiger partial charge on any atom is -0.398 e. The Morgan fingerprint density at radius 1 is 0.882 bits per heavy atom. The highest BCUT2D eigenvalue weighted by atomic mass is 19.1. The van der Waals surface area contributed by atoms with Gasteiger partial charge in [-0.3, -0.25) is 0 Å². The molecule has 2 aromatic carbocycles. The molecule has 2 rings (SSSR count). The van der Waals surface area contributed by atoms with Gasteiger partial charge in [0.15, 0.2) is 0 Å². The Morgan fingerprint density at radius 3 is 2.29 bits per heavy atom. The zero-order valence-corrected chi connectivity index (χ0v) is 9.28. The molecule has 0 saturated carbocycles. The lowest BCUT2D eigenvalue weighted by molar-refractivity contribution is 0.631. The molecule has 0 aliphatic carbocycles. The highest BCUT2D eigenvalue weighted by molar-refractivity contribution is 5.64. The molecular formula is C13H14FN3. The van der Waals surface area contributed by atoms with Crippen LogP contribution in [0.2, 0.25) is 0 Å². The molecule has 0 aliphatic rings. The zero-order chi connectivity index (χ0) is 12.4. The summed E-state index contributed by atoms with van der Waals surface area (Å²) in [5, 5.41) is 0. The van der Waals surface area contributed by atoms with Gasteiger partial charge in [0.1, 0.15) is 5.82 Å². The molecule has 0 atom stereocenters. The maximum absolute atomic E-state index is 13.4. The molecule has 0 fully saturated rings. The Bertz CT molecular complexity index is 552. The van der Waals surface area contributed by atoms with Gasteiger partial charge in [-0.25, -0.2) is 4.39 Å². The average Bonchev–Trinajstić information content (AvgIpc) is 2.32. The van der Waals surface area contributed by atoms with Crippen molar-refractivity contribution in [1.82, 2.24) is 0 Å². The second-order valence-corrected chi connectivity index (χ2v) is 3.90. The Balaban J connectivity index is 2.43. The molecule has 0 saturated heterocycles. The van der Waals surface area contributed by atoms with E-state index in [-0.39, 0.29) is 5.69 Å². The van der Waals surface area contributed by atoms with Gasteiger partial charge in [-0.1, -0.05) is 18.2 Å². The molecule has 0 aromatic heterocycles. The largest absolute Gasteiger partial charge is 0.398 e. The number of nitrogen functional groups attached to an aromatic ring is 3. The molecule has 0 unspecified atom stereocenters. The highest BCUT2D eigenvalue weighted by Gasteiger charge is 2.10. The number of nitrogens with two attached hydrogens (primary N) is 3. The number of halogens is 1. The summed E-state index contributed by atoms with van der Waals surface area (Å²) in [6.45, 7) is 0. The second kappa shape index (κ2) is 4.33. The van der Waals surface area contributed by atoms with E-state index in [0.717, 1.165) is 5.56 Å². The number of benzene rings is 2. The predicted octanol–water partition coefficient (Wildman–Crippen LogP) is 2.16. The van der Waals surface area contributed by atoms with Gasteiger partial charge in [0, 0.05) is 23.4 Å². The lowest BCUT2D eigenvalue weighted by Gasteiger charge is -2.11. The number of rotatable bonds is 2.